The van der Waals surface area contributed by atoms with E-state index in [0.717, 1.165) is 25.8 Å². The lowest BCUT2D eigenvalue weighted by Crippen LogP contribution is -2.53. The zero-order valence-electron chi connectivity index (χ0n) is 13.6. The number of rotatable bonds is 10. The first-order valence-corrected chi connectivity index (χ1v) is 8.72. The average molecular weight is 294 g/mol. The van der Waals surface area contributed by atoms with E-state index >= 15 is 0 Å². The van der Waals surface area contributed by atoms with Crippen molar-refractivity contribution in [3.05, 3.63) is 24.3 Å². The van der Waals surface area contributed by atoms with Crippen molar-refractivity contribution < 1.29 is 5.11 Å². The molecule has 0 amide bonds. The van der Waals surface area contributed by atoms with Gasteiger partial charge in [0.15, 0.2) is 0 Å². The van der Waals surface area contributed by atoms with E-state index in [1.54, 1.807) is 0 Å². The fourth-order valence-corrected chi connectivity index (χ4v) is 2.72. The molecule has 1 aliphatic rings. The summed E-state index contributed by atoms with van der Waals surface area (Å²) in [5, 5.41) is 13.1. The highest BCUT2D eigenvalue weighted by Gasteiger charge is 2.25. The second-order valence-electron chi connectivity index (χ2n) is 6.21. The number of hydrogen-bond acceptors (Lipinski definition) is 3. The fourth-order valence-electron chi connectivity index (χ4n) is 2.72. The van der Waals surface area contributed by atoms with Crippen LogP contribution in [0.1, 0.15) is 64.7 Å². The molecule has 3 atom stereocenters. The molecular weight excluding hydrogens is 260 g/mol. The summed E-state index contributed by atoms with van der Waals surface area (Å²) in [6.07, 6.45) is 19.3. The molecule has 0 spiro atoms. The molecule has 0 saturated carbocycles. The number of aliphatic hydroxyl groups excluding tert-OH is 1. The van der Waals surface area contributed by atoms with Crippen LogP contribution in [-0.4, -0.2) is 29.8 Å². The van der Waals surface area contributed by atoms with Crippen molar-refractivity contribution >= 4 is 0 Å². The van der Waals surface area contributed by atoms with Crippen LogP contribution < -0.4 is 11.1 Å². The van der Waals surface area contributed by atoms with Gasteiger partial charge in [-0.2, -0.15) is 0 Å². The molecule has 21 heavy (non-hydrogen) atoms. The number of nitrogens with one attached hydrogen (secondary N) is 1. The van der Waals surface area contributed by atoms with Crippen molar-refractivity contribution in [2.24, 2.45) is 5.73 Å². The lowest BCUT2D eigenvalue weighted by molar-refractivity contribution is 0.0945. The number of allylic oxidation sites excluding steroid dienone is 4. The number of nitrogens with two attached hydrogens (primary N) is 1. The van der Waals surface area contributed by atoms with Gasteiger partial charge in [0, 0.05) is 18.6 Å². The Kier molecular flexibility index (Phi) is 10.5. The minimum atomic E-state index is -0.340. The Hall–Kier alpha value is -0.640. The normalized spacial score (nSPS) is 26.9. The quantitative estimate of drug-likeness (QED) is 0.428. The standard InChI is InChI=1S/C18H34N2O/c1-2-3-4-5-6-7-8-9-10-11-12-13-16-14-18(21)17(19)15-20-16/h8-11,16-18,20-21H,2-7,12-15,19H2,1H3/b9-8+,11-10+/t16-,17+,18-/m1/s1. The molecule has 122 valence electrons. The van der Waals surface area contributed by atoms with E-state index in [0.29, 0.717) is 6.04 Å². The molecule has 0 aromatic heterocycles. The zero-order valence-corrected chi connectivity index (χ0v) is 13.6. The maximum Gasteiger partial charge on any atom is 0.0718 e. The van der Waals surface area contributed by atoms with Crippen molar-refractivity contribution in [2.45, 2.75) is 82.9 Å². The van der Waals surface area contributed by atoms with Crippen molar-refractivity contribution in [3.8, 4) is 0 Å². The van der Waals surface area contributed by atoms with Crippen LogP contribution in [0.25, 0.3) is 0 Å². The van der Waals surface area contributed by atoms with Gasteiger partial charge in [0.1, 0.15) is 0 Å². The van der Waals surface area contributed by atoms with Gasteiger partial charge in [-0.3, -0.25) is 0 Å². The first-order valence-electron chi connectivity index (χ1n) is 8.72. The molecule has 1 saturated heterocycles. The van der Waals surface area contributed by atoms with Crippen molar-refractivity contribution in [3.63, 3.8) is 0 Å². The Labute approximate surface area is 130 Å². The third-order valence-corrected chi connectivity index (χ3v) is 4.20. The predicted octanol–water partition coefficient (Wildman–Crippen LogP) is 3.29. The first-order chi connectivity index (χ1) is 10.2. The molecule has 3 nitrogen and oxygen atoms in total. The number of unbranched alkanes of at least 4 members (excludes halogenated alkanes) is 5. The molecule has 0 unspecified atom stereocenters. The van der Waals surface area contributed by atoms with E-state index in [9.17, 15) is 5.11 Å². The summed E-state index contributed by atoms with van der Waals surface area (Å²) in [5.74, 6) is 0. The van der Waals surface area contributed by atoms with Crippen LogP contribution in [0.15, 0.2) is 24.3 Å². The van der Waals surface area contributed by atoms with Crippen molar-refractivity contribution in [1.82, 2.24) is 5.32 Å². The summed E-state index contributed by atoms with van der Waals surface area (Å²) in [6.45, 7) is 2.98. The van der Waals surface area contributed by atoms with Crippen LogP contribution in [0.5, 0.6) is 0 Å². The van der Waals surface area contributed by atoms with E-state index in [2.05, 4.69) is 36.5 Å². The third kappa shape index (κ3) is 9.07. The summed E-state index contributed by atoms with van der Waals surface area (Å²) in [5.41, 5.74) is 5.77. The maximum absolute atomic E-state index is 9.73. The Bertz CT molecular complexity index is 302. The van der Waals surface area contributed by atoms with Gasteiger partial charge in [-0.1, -0.05) is 56.9 Å². The van der Waals surface area contributed by atoms with E-state index in [4.69, 9.17) is 5.73 Å². The maximum atomic E-state index is 9.73. The summed E-state index contributed by atoms with van der Waals surface area (Å²) < 4.78 is 0. The first kappa shape index (κ1) is 18.4. The smallest absolute Gasteiger partial charge is 0.0718 e. The molecule has 0 aromatic carbocycles. The molecule has 3 heteroatoms. The van der Waals surface area contributed by atoms with Crippen LogP contribution >= 0.6 is 0 Å². The second kappa shape index (κ2) is 12.0. The van der Waals surface area contributed by atoms with Gasteiger partial charge in [-0.15, -0.1) is 0 Å². The van der Waals surface area contributed by atoms with Gasteiger partial charge in [0.2, 0.25) is 0 Å². The summed E-state index contributed by atoms with van der Waals surface area (Å²) in [4.78, 5) is 0. The molecule has 1 fully saturated rings. The monoisotopic (exact) mass is 294 g/mol. The van der Waals surface area contributed by atoms with E-state index in [1.165, 1.54) is 38.5 Å². The minimum absolute atomic E-state index is 0.1000. The topological polar surface area (TPSA) is 58.3 Å². The molecule has 0 bridgehead atoms. The number of aliphatic hydroxyl groups is 1. The third-order valence-electron chi connectivity index (χ3n) is 4.20. The summed E-state index contributed by atoms with van der Waals surface area (Å²) in [7, 11) is 0. The highest BCUT2D eigenvalue weighted by atomic mass is 16.3. The fraction of sp³-hybridized carbons (Fsp3) is 0.778. The van der Waals surface area contributed by atoms with Gasteiger partial charge in [0.25, 0.3) is 0 Å². The second-order valence-corrected chi connectivity index (χ2v) is 6.21. The lowest BCUT2D eigenvalue weighted by Gasteiger charge is -2.31. The van der Waals surface area contributed by atoms with Crippen LogP contribution in [0.4, 0.5) is 0 Å². The molecular formula is C18H34N2O. The number of piperidine rings is 1. The van der Waals surface area contributed by atoms with Crippen molar-refractivity contribution in [2.75, 3.05) is 6.54 Å². The van der Waals surface area contributed by atoms with E-state index in [1.807, 2.05) is 0 Å². The summed E-state index contributed by atoms with van der Waals surface area (Å²) in [6, 6.07) is 0.309. The molecule has 4 N–H and O–H groups in total. The van der Waals surface area contributed by atoms with Gasteiger partial charge >= 0.3 is 0 Å². The Morgan fingerprint density at radius 3 is 2.52 bits per heavy atom. The van der Waals surface area contributed by atoms with Gasteiger partial charge in [-0.05, 0) is 32.1 Å². The van der Waals surface area contributed by atoms with Crippen molar-refractivity contribution in [1.29, 1.82) is 0 Å². The SMILES string of the molecule is CCCCCCC/C=C/C=C/CC[C@@H]1C[C@@H](O)[C@@H](N)CN1. The molecule has 0 radical (unpaired) electrons. The van der Waals surface area contributed by atoms with Crippen LogP contribution in [0, 0.1) is 0 Å². The van der Waals surface area contributed by atoms with Gasteiger partial charge in [0.05, 0.1) is 6.10 Å². The number of hydrogen-bond donors (Lipinski definition) is 3. The molecule has 1 aliphatic heterocycles. The largest absolute Gasteiger partial charge is 0.391 e. The Morgan fingerprint density at radius 1 is 1.10 bits per heavy atom. The van der Waals surface area contributed by atoms with Gasteiger partial charge in [-0.25, -0.2) is 0 Å². The van der Waals surface area contributed by atoms with Crippen LogP contribution in [0.3, 0.4) is 0 Å². The lowest BCUT2D eigenvalue weighted by atomic mass is 9.95. The van der Waals surface area contributed by atoms with E-state index < -0.39 is 0 Å². The van der Waals surface area contributed by atoms with Crippen LogP contribution in [-0.2, 0) is 0 Å². The minimum Gasteiger partial charge on any atom is -0.391 e. The molecule has 0 aliphatic carbocycles. The summed E-state index contributed by atoms with van der Waals surface area (Å²) >= 11 is 0. The zero-order chi connectivity index (χ0) is 15.3. The Balaban J connectivity index is 1.97. The average Bonchev–Trinajstić information content (AvgIpc) is 2.48. The molecule has 1 rings (SSSR count). The highest BCUT2D eigenvalue weighted by Crippen LogP contribution is 2.12. The molecule has 1 heterocycles. The molecule has 0 aromatic rings. The predicted molar refractivity (Wildman–Crippen MR) is 91.3 cm³/mol. The Morgan fingerprint density at radius 2 is 1.81 bits per heavy atom. The van der Waals surface area contributed by atoms with E-state index in [-0.39, 0.29) is 12.1 Å². The highest BCUT2D eigenvalue weighted by molar-refractivity contribution is 5.02. The van der Waals surface area contributed by atoms with Gasteiger partial charge < -0.3 is 16.2 Å². The van der Waals surface area contributed by atoms with Crippen LogP contribution in [0.2, 0.25) is 0 Å².